The molecular formula is C20H28F2N2O. The lowest BCUT2D eigenvalue weighted by molar-refractivity contribution is -0.0507. The minimum absolute atomic E-state index is 0.148. The first kappa shape index (κ1) is 18.3. The van der Waals surface area contributed by atoms with Crippen molar-refractivity contribution in [3.63, 3.8) is 0 Å². The molecule has 1 heterocycles. The zero-order valence-corrected chi connectivity index (χ0v) is 15.2. The van der Waals surface area contributed by atoms with Crippen molar-refractivity contribution < 1.29 is 13.6 Å². The van der Waals surface area contributed by atoms with E-state index in [-0.39, 0.29) is 17.5 Å². The highest BCUT2D eigenvalue weighted by Crippen LogP contribution is 2.34. The van der Waals surface area contributed by atoms with E-state index in [4.69, 9.17) is 0 Å². The van der Waals surface area contributed by atoms with E-state index in [2.05, 4.69) is 24.1 Å². The summed E-state index contributed by atoms with van der Waals surface area (Å²) in [5.41, 5.74) is 2.62. The summed E-state index contributed by atoms with van der Waals surface area (Å²) in [4.78, 5) is 17.0. The average molecular weight is 350 g/mol. The zero-order valence-electron chi connectivity index (χ0n) is 15.2. The molecule has 3 rings (SSSR count). The maximum absolute atomic E-state index is 14.3. The van der Waals surface area contributed by atoms with Crippen LogP contribution >= 0.6 is 0 Å². The molecule has 1 atom stereocenters. The number of carbonyl (C=O) groups excluding carboxylic acids is 1. The molecule has 1 N–H and O–H groups in total. The van der Waals surface area contributed by atoms with E-state index in [1.54, 1.807) is 6.07 Å². The second kappa shape index (κ2) is 7.00. The lowest BCUT2D eigenvalue weighted by Crippen LogP contribution is -2.48. The number of halogens is 2. The summed E-state index contributed by atoms with van der Waals surface area (Å²) in [5.74, 6) is -3.31. The van der Waals surface area contributed by atoms with Crippen LogP contribution in [0.25, 0.3) is 0 Å². The van der Waals surface area contributed by atoms with Crippen LogP contribution in [0.3, 0.4) is 0 Å². The van der Waals surface area contributed by atoms with Gasteiger partial charge in [-0.2, -0.15) is 0 Å². The third-order valence-electron chi connectivity index (χ3n) is 5.58. The third kappa shape index (κ3) is 4.36. The van der Waals surface area contributed by atoms with Gasteiger partial charge in [0.1, 0.15) is 5.69 Å². The van der Waals surface area contributed by atoms with Gasteiger partial charge >= 0.3 is 0 Å². The van der Waals surface area contributed by atoms with Crippen LogP contribution in [-0.2, 0) is 12.8 Å². The Kier molecular flexibility index (Phi) is 5.12. The first-order valence-corrected chi connectivity index (χ1v) is 9.44. The molecule has 1 aromatic rings. The van der Waals surface area contributed by atoms with Crippen molar-refractivity contribution in [1.82, 2.24) is 10.3 Å². The Balaban J connectivity index is 1.72. The monoisotopic (exact) mass is 350 g/mol. The van der Waals surface area contributed by atoms with Crippen molar-refractivity contribution >= 4 is 5.91 Å². The maximum Gasteiger partial charge on any atom is 0.270 e. The van der Waals surface area contributed by atoms with E-state index in [1.807, 2.05) is 6.07 Å². The number of carbonyl (C=O) groups is 1. The van der Waals surface area contributed by atoms with Gasteiger partial charge in [0.15, 0.2) is 0 Å². The number of hydrogen-bond acceptors (Lipinski definition) is 2. The highest BCUT2D eigenvalue weighted by Gasteiger charge is 2.40. The predicted octanol–water partition coefficient (Wildman–Crippen LogP) is 4.68. The summed E-state index contributed by atoms with van der Waals surface area (Å²) in [6, 6.07) is 2.53. The van der Waals surface area contributed by atoms with Gasteiger partial charge in [0, 0.05) is 12.1 Å². The topological polar surface area (TPSA) is 42.0 Å². The number of aromatic nitrogens is 1. The van der Waals surface area contributed by atoms with Gasteiger partial charge in [0.25, 0.3) is 11.8 Å². The summed E-state index contributed by atoms with van der Waals surface area (Å²) in [5, 5.41) is 2.56. The summed E-state index contributed by atoms with van der Waals surface area (Å²) < 4.78 is 28.6. The van der Waals surface area contributed by atoms with Crippen molar-refractivity contribution in [3.05, 3.63) is 29.1 Å². The molecule has 0 bridgehead atoms. The van der Waals surface area contributed by atoms with Crippen LogP contribution in [0.4, 0.5) is 8.78 Å². The number of nitrogens with one attached hydrogen (secondary N) is 1. The van der Waals surface area contributed by atoms with Crippen molar-refractivity contribution in [1.29, 1.82) is 0 Å². The van der Waals surface area contributed by atoms with Gasteiger partial charge in [-0.15, -0.1) is 0 Å². The Labute approximate surface area is 148 Å². The SMILES string of the molecule is CC1(C)CCc2nc(C(=O)NC3CCCCCCC3(F)F)ccc2C1. The first-order chi connectivity index (χ1) is 11.8. The van der Waals surface area contributed by atoms with Gasteiger partial charge in [-0.1, -0.05) is 39.2 Å². The molecule has 3 nitrogen and oxygen atoms in total. The summed E-state index contributed by atoms with van der Waals surface area (Å²) in [7, 11) is 0. The highest BCUT2D eigenvalue weighted by atomic mass is 19.3. The number of fused-ring (bicyclic) bond motifs is 1. The molecule has 1 amide bonds. The van der Waals surface area contributed by atoms with Crippen LogP contribution in [0.15, 0.2) is 12.1 Å². The molecule has 5 heteroatoms. The fourth-order valence-electron chi connectivity index (χ4n) is 3.95. The molecule has 0 radical (unpaired) electrons. The Hall–Kier alpha value is -1.52. The molecule has 2 aliphatic rings. The van der Waals surface area contributed by atoms with Crippen LogP contribution in [-0.4, -0.2) is 22.9 Å². The van der Waals surface area contributed by atoms with Crippen LogP contribution in [0.5, 0.6) is 0 Å². The molecule has 0 aliphatic heterocycles. The molecule has 1 fully saturated rings. The molecule has 1 aromatic heterocycles. The quantitative estimate of drug-likeness (QED) is 0.841. The molecule has 25 heavy (non-hydrogen) atoms. The van der Waals surface area contributed by atoms with Crippen molar-refractivity contribution in [3.8, 4) is 0 Å². The minimum Gasteiger partial charge on any atom is -0.342 e. The minimum atomic E-state index is -2.84. The van der Waals surface area contributed by atoms with Crippen LogP contribution in [0, 0.1) is 5.41 Å². The number of aryl methyl sites for hydroxylation is 1. The van der Waals surface area contributed by atoms with Crippen molar-refractivity contribution in [2.45, 2.75) is 83.6 Å². The molecule has 0 spiro atoms. The van der Waals surface area contributed by atoms with Crippen LogP contribution < -0.4 is 5.32 Å². The first-order valence-electron chi connectivity index (χ1n) is 9.44. The standard InChI is InChI=1S/C20H28F2N2O/c1-19(2)12-10-15-14(13-19)8-9-16(23-15)18(25)24-17-7-5-3-4-6-11-20(17,21)22/h8-9,17H,3-7,10-13H2,1-2H3,(H,24,25). The maximum atomic E-state index is 14.3. The van der Waals surface area contributed by atoms with Gasteiger partial charge < -0.3 is 5.32 Å². The van der Waals surface area contributed by atoms with Gasteiger partial charge in [0.2, 0.25) is 0 Å². The lowest BCUT2D eigenvalue weighted by Gasteiger charge is -2.31. The molecule has 0 aromatic carbocycles. The van der Waals surface area contributed by atoms with Crippen molar-refractivity contribution in [2.24, 2.45) is 5.41 Å². The Morgan fingerprint density at radius 2 is 1.92 bits per heavy atom. The fourth-order valence-corrected chi connectivity index (χ4v) is 3.95. The van der Waals surface area contributed by atoms with Gasteiger partial charge in [0.05, 0.1) is 6.04 Å². The summed E-state index contributed by atoms with van der Waals surface area (Å²) in [6.45, 7) is 4.46. The summed E-state index contributed by atoms with van der Waals surface area (Å²) >= 11 is 0. The van der Waals surface area contributed by atoms with Crippen LogP contribution in [0.1, 0.15) is 80.5 Å². The second-order valence-electron chi connectivity index (χ2n) is 8.38. The van der Waals surface area contributed by atoms with Gasteiger partial charge in [-0.05, 0) is 49.1 Å². The smallest absolute Gasteiger partial charge is 0.270 e. The van der Waals surface area contributed by atoms with E-state index in [1.165, 1.54) is 5.56 Å². The molecular weight excluding hydrogens is 322 g/mol. The largest absolute Gasteiger partial charge is 0.342 e. The molecule has 1 unspecified atom stereocenters. The molecule has 2 aliphatic carbocycles. The number of amides is 1. The number of rotatable bonds is 2. The van der Waals surface area contributed by atoms with E-state index < -0.39 is 17.9 Å². The second-order valence-corrected chi connectivity index (χ2v) is 8.38. The van der Waals surface area contributed by atoms with E-state index in [0.29, 0.717) is 12.8 Å². The number of nitrogens with zero attached hydrogens (tertiary/aromatic N) is 1. The zero-order chi connectivity index (χ0) is 18.1. The highest BCUT2D eigenvalue weighted by molar-refractivity contribution is 5.92. The van der Waals surface area contributed by atoms with Crippen LogP contribution in [0.2, 0.25) is 0 Å². The number of pyridine rings is 1. The lowest BCUT2D eigenvalue weighted by atomic mass is 9.76. The molecule has 0 saturated heterocycles. The van der Waals surface area contributed by atoms with E-state index >= 15 is 0 Å². The van der Waals surface area contributed by atoms with E-state index in [0.717, 1.165) is 44.2 Å². The molecule has 1 saturated carbocycles. The Morgan fingerprint density at radius 3 is 2.72 bits per heavy atom. The number of alkyl halides is 2. The fraction of sp³-hybridized carbons (Fsp3) is 0.700. The van der Waals surface area contributed by atoms with Gasteiger partial charge in [-0.3, -0.25) is 4.79 Å². The average Bonchev–Trinajstić information content (AvgIpc) is 2.54. The van der Waals surface area contributed by atoms with E-state index in [9.17, 15) is 13.6 Å². The summed E-state index contributed by atoms with van der Waals surface area (Å²) in [6.07, 6.45) is 6.04. The third-order valence-corrected chi connectivity index (χ3v) is 5.58. The Bertz CT molecular complexity index is 643. The normalized spacial score (nSPS) is 25.4. The number of hydrogen-bond donors (Lipinski definition) is 1. The van der Waals surface area contributed by atoms with Crippen molar-refractivity contribution in [2.75, 3.05) is 0 Å². The van der Waals surface area contributed by atoms with Gasteiger partial charge in [-0.25, -0.2) is 13.8 Å². The molecule has 138 valence electrons. The Morgan fingerprint density at radius 1 is 1.16 bits per heavy atom. The predicted molar refractivity (Wildman–Crippen MR) is 93.9 cm³/mol.